The van der Waals surface area contributed by atoms with Crippen molar-refractivity contribution in [3.05, 3.63) is 35.9 Å². The molecule has 0 saturated carbocycles. The largest absolute Gasteiger partial charge is 0.411 e. The van der Waals surface area contributed by atoms with Crippen LogP contribution < -0.4 is 5.32 Å². The van der Waals surface area contributed by atoms with Gasteiger partial charge in [-0.15, -0.1) is 0 Å². The van der Waals surface area contributed by atoms with Gasteiger partial charge in [-0.05, 0) is 23.7 Å². The minimum atomic E-state index is -1.87. The minimum absolute atomic E-state index is 0.0159. The molecular weight excluding hydrogens is 266 g/mol. The lowest BCUT2D eigenvalue weighted by Crippen LogP contribution is -2.45. The van der Waals surface area contributed by atoms with Gasteiger partial charge in [-0.1, -0.05) is 51.1 Å². The predicted molar refractivity (Wildman–Crippen MR) is 84.0 cm³/mol. The molecule has 2 unspecified atom stereocenters. The Morgan fingerprint density at radius 2 is 1.80 bits per heavy atom. The highest BCUT2D eigenvalue weighted by Crippen LogP contribution is 2.40. The van der Waals surface area contributed by atoms with Gasteiger partial charge in [-0.3, -0.25) is 4.79 Å². The number of hydrogen-bond donors (Lipinski definition) is 1. The van der Waals surface area contributed by atoms with E-state index in [4.69, 9.17) is 4.43 Å². The number of rotatable bonds is 3. The Balaban J connectivity index is 2.20. The fraction of sp³-hybridized carbons (Fsp3) is 0.562. The number of carbonyl (C=O) groups excluding carboxylic acids is 1. The molecule has 1 amide bonds. The molecule has 20 heavy (non-hydrogen) atoms. The summed E-state index contributed by atoms with van der Waals surface area (Å²) in [7, 11) is -1.87. The fourth-order valence-electron chi connectivity index (χ4n) is 2.25. The third-order valence-corrected chi connectivity index (χ3v) is 8.99. The second-order valence-corrected chi connectivity index (χ2v) is 11.8. The van der Waals surface area contributed by atoms with Crippen molar-refractivity contribution in [3.63, 3.8) is 0 Å². The third-order valence-electron chi connectivity index (χ3n) is 4.49. The van der Waals surface area contributed by atoms with Crippen molar-refractivity contribution < 1.29 is 9.22 Å². The summed E-state index contributed by atoms with van der Waals surface area (Å²) in [6, 6.07) is 10.1. The molecule has 1 heterocycles. The Bertz CT molecular complexity index is 479. The van der Waals surface area contributed by atoms with E-state index in [-0.39, 0.29) is 23.1 Å². The normalized spacial score (nSPS) is 23.8. The van der Waals surface area contributed by atoms with Crippen LogP contribution in [0.15, 0.2) is 30.3 Å². The lowest BCUT2D eigenvalue weighted by atomic mass is 10.0. The topological polar surface area (TPSA) is 38.3 Å². The zero-order valence-electron chi connectivity index (χ0n) is 13.1. The van der Waals surface area contributed by atoms with Gasteiger partial charge in [0.15, 0.2) is 8.32 Å². The molecule has 0 bridgehead atoms. The van der Waals surface area contributed by atoms with Crippen LogP contribution in [-0.2, 0) is 9.22 Å². The molecule has 1 fully saturated rings. The summed E-state index contributed by atoms with van der Waals surface area (Å²) in [5, 5.41) is 3.21. The smallest absolute Gasteiger partial charge is 0.223 e. The molecule has 1 aromatic carbocycles. The van der Waals surface area contributed by atoms with Crippen LogP contribution in [0, 0.1) is 0 Å². The molecule has 0 aromatic heterocycles. The van der Waals surface area contributed by atoms with Crippen molar-refractivity contribution in [2.24, 2.45) is 0 Å². The molecule has 110 valence electrons. The fourth-order valence-corrected chi connectivity index (χ4v) is 3.58. The molecule has 1 N–H and O–H groups in total. The molecule has 1 aromatic rings. The van der Waals surface area contributed by atoms with Gasteiger partial charge in [0.2, 0.25) is 5.91 Å². The Morgan fingerprint density at radius 3 is 2.35 bits per heavy atom. The van der Waals surface area contributed by atoms with E-state index in [1.807, 2.05) is 18.2 Å². The lowest BCUT2D eigenvalue weighted by molar-refractivity contribution is -0.119. The second kappa shape index (κ2) is 5.33. The van der Waals surface area contributed by atoms with E-state index in [0.717, 1.165) is 5.56 Å². The molecular formula is C16H25NO2Si. The van der Waals surface area contributed by atoms with Gasteiger partial charge in [0, 0.05) is 0 Å². The number of benzene rings is 1. The number of hydrogen-bond acceptors (Lipinski definition) is 2. The monoisotopic (exact) mass is 291 g/mol. The maximum atomic E-state index is 11.8. The molecule has 0 spiro atoms. The molecule has 4 heteroatoms. The van der Waals surface area contributed by atoms with Crippen LogP contribution in [-0.4, -0.2) is 20.3 Å². The van der Waals surface area contributed by atoms with E-state index in [9.17, 15) is 4.79 Å². The maximum Gasteiger partial charge on any atom is 0.223 e. The average Bonchev–Trinajstić information content (AvgIpc) is 2.69. The summed E-state index contributed by atoms with van der Waals surface area (Å²) >= 11 is 0. The first-order valence-electron chi connectivity index (χ1n) is 7.23. The molecule has 1 saturated heterocycles. The SMILES string of the molecule is CC(C)(C)[Si](C)(C)OC1CC(=O)NC1c1ccccc1. The van der Waals surface area contributed by atoms with E-state index < -0.39 is 8.32 Å². The van der Waals surface area contributed by atoms with Crippen LogP contribution in [0.1, 0.15) is 38.8 Å². The summed E-state index contributed by atoms with van der Waals surface area (Å²) in [5.74, 6) is 0.0857. The summed E-state index contributed by atoms with van der Waals surface area (Å²) in [5.41, 5.74) is 1.13. The van der Waals surface area contributed by atoms with Crippen molar-refractivity contribution >= 4 is 14.2 Å². The summed E-state index contributed by atoms with van der Waals surface area (Å²) in [6.07, 6.45) is 0.414. The first-order chi connectivity index (χ1) is 9.21. The minimum Gasteiger partial charge on any atom is -0.411 e. The highest BCUT2D eigenvalue weighted by molar-refractivity contribution is 6.74. The van der Waals surface area contributed by atoms with Gasteiger partial charge in [-0.25, -0.2) is 0 Å². The van der Waals surface area contributed by atoms with Crippen molar-refractivity contribution in [2.45, 2.75) is 57.5 Å². The van der Waals surface area contributed by atoms with Crippen LogP contribution in [0.25, 0.3) is 0 Å². The zero-order valence-corrected chi connectivity index (χ0v) is 14.1. The molecule has 2 rings (SSSR count). The molecule has 0 aliphatic carbocycles. The maximum absolute atomic E-state index is 11.8. The van der Waals surface area contributed by atoms with Crippen molar-refractivity contribution in [3.8, 4) is 0 Å². The van der Waals surface area contributed by atoms with Gasteiger partial charge < -0.3 is 9.74 Å². The van der Waals surface area contributed by atoms with Gasteiger partial charge in [0.25, 0.3) is 0 Å². The first-order valence-corrected chi connectivity index (χ1v) is 10.1. The van der Waals surface area contributed by atoms with Gasteiger partial charge in [-0.2, -0.15) is 0 Å². The van der Waals surface area contributed by atoms with Crippen molar-refractivity contribution in [1.82, 2.24) is 5.32 Å². The number of carbonyl (C=O) groups is 1. The summed E-state index contributed by atoms with van der Waals surface area (Å²) in [4.78, 5) is 11.8. The lowest BCUT2D eigenvalue weighted by Gasteiger charge is -2.39. The quantitative estimate of drug-likeness (QED) is 0.864. The van der Waals surface area contributed by atoms with Crippen LogP contribution in [0.3, 0.4) is 0 Å². The van der Waals surface area contributed by atoms with Crippen LogP contribution in [0.4, 0.5) is 0 Å². The highest BCUT2D eigenvalue weighted by atomic mass is 28.4. The van der Waals surface area contributed by atoms with Gasteiger partial charge in [0.05, 0.1) is 18.6 Å². The van der Waals surface area contributed by atoms with Crippen LogP contribution in [0.2, 0.25) is 18.1 Å². The molecule has 2 atom stereocenters. The van der Waals surface area contributed by atoms with E-state index >= 15 is 0 Å². The van der Waals surface area contributed by atoms with Crippen molar-refractivity contribution in [2.75, 3.05) is 0 Å². The summed E-state index contributed by atoms with van der Waals surface area (Å²) in [6.45, 7) is 11.1. The molecule has 0 radical (unpaired) electrons. The number of amides is 1. The average molecular weight is 291 g/mol. The van der Waals surface area contributed by atoms with E-state index in [0.29, 0.717) is 6.42 Å². The zero-order chi connectivity index (χ0) is 15.0. The molecule has 3 nitrogen and oxygen atoms in total. The Hall–Kier alpha value is -1.13. The number of nitrogens with one attached hydrogen (secondary N) is 1. The third kappa shape index (κ3) is 3.12. The first kappa shape index (κ1) is 15.3. The Kier molecular flexibility index (Phi) is 4.07. The predicted octanol–water partition coefficient (Wildman–Crippen LogP) is 3.64. The van der Waals surface area contributed by atoms with E-state index in [1.54, 1.807) is 0 Å². The van der Waals surface area contributed by atoms with Crippen LogP contribution >= 0.6 is 0 Å². The van der Waals surface area contributed by atoms with E-state index in [1.165, 1.54) is 0 Å². The Morgan fingerprint density at radius 1 is 1.20 bits per heavy atom. The highest BCUT2D eigenvalue weighted by Gasteiger charge is 2.43. The standard InChI is InChI=1S/C16H25NO2Si/c1-16(2,3)20(4,5)19-13-11-14(18)17-15(13)12-9-7-6-8-10-12/h6-10,13,15H,11H2,1-5H3,(H,17,18). The molecule has 1 aliphatic rings. The van der Waals surface area contributed by atoms with Crippen molar-refractivity contribution in [1.29, 1.82) is 0 Å². The Labute approximate surface area is 122 Å². The van der Waals surface area contributed by atoms with Crippen LogP contribution in [0.5, 0.6) is 0 Å². The van der Waals surface area contributed by atoms with Gasteiger partial charge in [0.1, 0.15) is 0 Å². The van der Waals surface area contributed by atoms with E-state index in [2.05, 4.69) is 51.3 Å². The van der Waals surface area contributed by atoms with Gasteiger partial charge >= 0.3 is 0 Å². The molecule has 1 aliphatic heterocycles. The second-order valence-electron chi connectivity index (χ2n) is 7.08. The summed E-state index contributed by atoms with van der Waals surface area (Å²) < 4.78 is 6.46.